The number of carbonyl (C=O) groups excluding carboxylic acids is 1. The first-order chi connectivity index (χ1) is 9.60. The second kappa shape index (κ2) is 8.31. The van der Waals surface area contributed by atoms with Crippen molar-refractivity contribution in [1.29, 1.82) is 0 Å². The Bertz CT molecular complexity index is 520. The number of ether oxygens (including phenoxy) is 1. The maximum atomic E-state index is 13.3. The van der Waals surface area contributed by atoms with Crippen LogP contribution in [0.4, 0.5) is 4.39 Å². The highest BCUT2D eigenvalue weighted by molar-refractivity contribution is 5.96. The predicted octanol–water partition coefficient (Wildman–Crippen LogP) is 1.28. The second-order valence-electron chi connectivity index (χ2n) is 4.18. The van der Waals surface area contributed by atoms with Crippen LogP contribution in [0.3, 0.4) is 0 Å². The van der Waals surface area contributed by atoms with Crippen LogP contribution in [-0.4, -0.2) is 49.8 Å². The van der Waals surface area contributed by atoms with Gasteiger partial charge >= 0.3 is 0 Å². The quantitative estimate of drug-likeness (QED) is 0.826. The summed E-state index contributed by atoms with van der Waals surface area (Å²) in [7, 11) is 3.21. The van der Waals surface area contributed by atoms with Gasteiger partial charge in [-0.2, -0.15) is 0 Å². The third kappa shape index (κ3) is 4.65. The van der Waals surface area contributed by atoms with Gasteiger partial charge in [0.05, 0.1) is 18.8 Å². The number of halogens is 1. The fraction of sp³-hybridized carbons (Fsp3) is 0.400. The van der Waals surface area contributed by atoms with Crippen LogP contribution in [0.25, 0.3) is 0 Å². The van der Waals surface area contributed by atoms with Crippen molar-refractivity contribution in [3.63, 3.8) is 0 Å². The normalized spacial score (nSPS) is 9.80. The number of hydrogen-bond acceptors (Lipinski definition) is 3. The summed E-state index contributed by atoms with van der Waals surface area (Å²) in [5.41, 5.74) is 0.670. The molecule has 0 radical (unpaired) electrons. The molecular formula is C15H18FNO3. The smallest absolute Gasteiger partial charge is 0.254 e. The van der Waals surface area contributed by atoms with Crippen LogP contribution in [0.2, 0.25) is 0 Å². The molecule has 0 aliphatic carbocycles. The van der Waals surface area contributed by atoms with E-state index in [1.54, 1.807) is 14.2 Å². The molecule has 108 valence electrons. The number of nitrogens with zero attached hydrogens (tertiary/aromatic N) is 1. The van der Waals surface area contributed by atoms with Gasteiger partial charge in [-0.15, -0.1) is 0 Å². The molecule has 1 rings (SSSR count). The zero-order valence-corrected chi connectivity index (χ0v) is 11.6. The summed E-state index contributed by atoms with van der Waals surface area (Å²) in [4.78, 5) is 13.7. The molecule has 4 nitrogen and oxygen atoms in total. The number of methoxy groups -OCH3 is 1. The average Bonchev–Trinajstić information content (AvgIpc) is 2.44. The largest absolute Gasteiger partial charge is 0.395 e. The molecular weight excluding hydrogens is 261 g/mol. The molecule has 0 saturated heterocycles. The zero-order chi connectivity index (χ0) is 15.0. The highest BCUT2D eigenvalue weighted by Gasteiger charge is 2.15. The Morgan fingerprint density at radius 1 is 1.50 bits per heavy atom. The average molecular weight is 279 g/mol. The van der Waals surface area contributed by atoms with E-state index in [0.717, 1.165) is 0 Å². The van der Waals surface area contributed by atoms with Crippen molar-refractivity contribution in [3.8, 4) is 11.8 Å². The van der Waals surface area contributed by atoms with Crippen LogP contribution in [-0.2, 0) is 4.74 Å². The molecule has 0 atom stereocenters. The van der Waals surface area contributed by atoms with E-state index >= 15 is 0 Å². The van der Waals surface area contributed by atoms with Gasteiger partial charge in [0, 0.05) is 32.7 Å². The van der Waals surface area contributed by atoms with E-state index in [2.05, 4.69) is 11.8 Å². The lowest BCUT2D eigenvalue weighted by Crippen LogP contribution is -2.30. The van der Waals surface area contributed by atoms with E-state index < -0.39 is 5.82 Å². The molecule has 1 aromatic carbocycles. The molecule has 0 heterocycles. The Morgan fingerprint density at radius 2 is 2.25 bits per heavy atom. The topological polar surface area (TPSA) is 49.8 Å². The van der Waals surface area contributed by atoms with Gasteiger partial charge in [-0.25, -0.2) is 4.39 Å². The van der Waals surface area contributed by atoms with Crippen LogP contribution < -0.4 is 0 Å². The van der Waals surface area contributed by atoms with Crippen molar-refractivity contribution in [2.75, 3.05) is 33.9 Å². The van der Waals surface area contributed by atoms with E-state index in [1.165, 1.54) is 23.1 Å². The fourth-order valence-corrected chi connectivity index (χ4v) is 1.56. The van der Waals surface area contributed by atoms with Gasteiger partial charge in [-0.05, 0) is 18.2 Å². The van der Waals surface area contributed by atoms with Crippen LogP contribution in [0, 0.1) is 17.7 Å². The minimum atomic E-state index is -0.450. The summed E-state index contributed by atoms with van der Waals surface area (Å²) in [6.07, 6.45) is 0.281. The molecule has 0 aromatic heterocycles. The zero-order valence-electron chi connectivity index (χ0n) is 11.6. The summed E-state index contributed by atoms with van der Waals surface area (Å²) in [6, 6.07) is 3.88. The van der Waals surface area contributed by atoms with Crippen LogP contribution in [0.15, 0.2) is 18.2 Å². The third-order valence-electron chi connectivity index (χ3n) is 2.65. The van der Waals surface area contributed by atoms with E-state index in [1.807, 2.05) is 0 Å². The highest BCUT2D eigenvalue weighted by atomic mass is 19.1. The number of hydrogen-bond donors (Lipinski definition) is 1. The number of likely N-dealkylation sites (N-methyl/N-ethyl adjacent to an activating group) is 1. The molecule has 20 heavy (non-hydrogen) atoms. The van der Waals surface area contributed by atoms with Gasteiger partial charge in [0.15, 0.2) is 0 Å². The summed E-state index contributed by atoms with van der Waals surface area (Å²) in [5.74, 6) is 4.72. The first kappa shape index (κ1) is 16.2. The third-order valence-corrected chi connectivity index (χ3v) is 2.65. The number of benzene rings is 1. The molecule has 0 spiro atoms. The van der Waals surface area contributed by atoms with Crippen LogP contribution in [0.5, 0.6) is 0 Å². The molecule has 0 unspecified atom stereocenters. The minimum Gasteiger partial charge on any atom is -0.395 e. The maximum Gasteiger partial charge on any atom is 0.254 e. The van der Waals surface area contributed by atoms with E-state index in [4.69, 9.17) is 9.84 Å². The first-order valence-electron chi connectivity index (χ1n) is 6.23. The van der Waals surface area contributed by atoms with Crippen molar-refractivity contribution >= 4 is 5.91 Å². The molecule has 0 saturated carbocycles. The predicted molar refractivity (Wildman–Crippen MR) is 73.8 cm³/mol. The van der Waals surface area contributed by atoms with Gasteiger partial charge < -0.3 is 14.7 Å². The highest BCUT2D eigenvalue weighted by Crippen LogP contribution is 2.12. The molecule has 1 aromatic rings. The fourth-order valence-electron chi connectivity index (χ4n) is 1.56. The molecule has 0 bridgehead atoms. The lowest BCUT2D eigenvalue weighted by Gasteiger charge is -2.17. The number of rotatable bonds is 5. The number of aliphatic hydroxyl groups is 1. The van der Waals surface area contributed by atoms with Crippen molar-refractivity contribution in [2.24, 2.45) is 0 Å². The molecule has 0 fully saturated rings. The number of aliphatic hydroxyl groups excluding tert-OH is 1. The Kier molecular flexibility index (Phi) is 6.71. The van der Waals surface area contributed by atoms with Crippen molar-refractivity contribution < 1.29 is 19.0 Å². The Morgan fingerprint density at radius 3 is 2.90 bits per heavy atom. The Hall–Kier alpha value is -1.90. The lowest BCUT2D eigenvalue weighted by molar-refractivity contribution is 0.0744. The van der Waals surface area contributed by atoms with Gasteiger partial charge in [-0.1, -0.05) is 11.8 Å². The first-order valence-corrected chi connectivity index (χ1v) is 6.23. The summed E-state index contributed by atoms with van der Waals surface area (Å²) in [6.45, 7) is 0.796. The molecule has 1 amide bonds. The van der Waals surface area contributed by atoms with Crippen molar-refractivity contribution in [1.82, 2.24) is 4.90 Å². The summed E-state index contributed by atoms with van der Waals surface area (Å²) in [5, 5.41) is 8.70. The summed E-state index contributed by atoms with van der Waals surface area (Å²) < 4.78 is 18.2. The number of carbonyl (C=O) groups is 1. The molecule has 0 aliphatic rings. The lowest BCUT2D eigenvalue weighted by atomic mass is 10.1. The molecule has 5 heteroatoms. The standard InChI is InChI=1S/C15H18FNO3/c1-17(8-10-20-2)15(19)14-7-6-13(16)11-12(14)5-3-4-9-18/h6-7,11,18H,4,8-10H2,1-2H3. The van der Waals surface area contributed by atoms with Crippen LogP contribution in [0.1, 0.15) is 22.3 Å². The minimum absolute atomic E-state index is 0.0701. The second-order valence-corrected chi connectivity index (χ2v) is 4.18. The monoisotopic (exact) mass is 279 g/mol. The van der Waals surface area contributed by atoms with Gasteiger partial charge in [0.1, 0.15) is 5.82 Å². The van der Waals surface area contributed by atoms with Gasteiger partial charge in [0.2, 0.25) is 0 Å². The molecule has 1 N–H and O–H groups in total. The molecule has 0 aliphatic heterocycles. The van der Waals surface area contributed by atoms with Gasteiger partial charge in [-0.3, -0.25) is 4.79 Å². The van der Waals surface area contributed by atoms with Crippen molar-refractivity contribution in [3.05, 3.63) is 35.1 Å². The van der Waals surface area contributed by atoms with Crippen molar-refractivity contribution in [2.45, 2.75) is 6.42 Å². The number of amides is 1. The van der Waals surface area contributed by atoms with E-state index in [0.29, 0.717) is 24.3 Å². The van der Waals surface area contributed by atoms with Crippen LogP contribution >= 0.6 is 0 Å². The Balaban J connectivity index is 2.99. The maximum absolute atomic E-state index is 13.3. The van der Waals surface area contributed by atoms with Gasteiger partial charge in [0.25, 0.3) is 5.91 Å². The summed E-state index contributed by atoms with van der Waals surface area (Å²) >= 11 is 0. The van der Waals surface area contributed by atoms with E-state index in [-0.39, 0.29) is 18.9 Å². The van der Waals surface area contributed by atoms with E-state index in [9.17, 15) is 9.18 Å². The SMILES string of the molecule is COCCN(C)C(=O)c1ccc(F)cc1C#CCCO. The Labute approximate surface area is 118 Å².